The summed E-state index contributed by atoms with van der Waals surface area (Å²) in [6.07, 6.45) is 0. The van der Waals surface area contributed by atoms with Gasteiger partial charge in [-0.15, -0.1) is 0 Å². The van der Waals surface area contributed by atoms with E-state index in [1.54, 1.807) is 0 Å². The van der Waals surface area contributed by atoms with E-state index in [1.807, 2.05) is 19.2 Å². The Morgan fingerprint density at radius 3 is 2.62 bits per heavy atom. The van der Waals surface area contributed by atoms with Crippen LogP contribution in [0.3, 0.4) is 0 Å². The number of hydrogen-bond acceptors (Lipinski definition) is 2. The van der Waals surface area contributed by atoms with Crippen LogP contribution in [0.1, 0.15) is 22.9 Å². The summed E-state index contributed by atoms with van der Waals surface area (Å²) in [6.45, 7) is 2.07. The number of furan rings is 1. The molecular formula is C17H15Br2NO. The minimum absolute atomic E-state index is 0.00340. The number of rotatable bonds is 3. The molecule has 3 rings (SSSR count). The van der Waals surface area contributed by atoms with Gasteiger partial charge in [-0.2, -0.15) is 0 Å². The van der Waals surface area contributed by atoms with Crippen LogP contribution < -0.4 is 5.32 Å². The van der Waals surface area contributed by atoms with Crippen LogP contribution in [0.25, 0.3) is 11.0 Å². The lowest BCUT2D eigenvalue weighted by atomic mass is 10.0. The zero-order chi connectivity index (χ0) is 15.0. The first-order valence-corrected chi connectivity index (χ1v) is 8.30. The summed E-state index contributed by atoms with van der Waals surface area (Å²) >= 11 is 7.16. The van der Waals surface area contributed by atoms with Crippen LogP contribution in [0.4, 0.5) is 0 Å². The first kappa shape index (κ1) is 14.8. The van der Waals surface area contributed by atoms with Crippen molar-refractivity contribution in [1.82, 2.24) is 5.32 Å². The maximum absolute atomic E-state index is 6.10. The molecule has 1 unspecified atom stereocenters. The predicted octanol–water partition coefficient (Wildman–Crippen LogP) is 5.58. The summed E-state index contributed by atoms with van der Waals surface area (Å²) in [5.41, 5.74) is 3.25. The first-order chi connectivity index (χ1) is 10.1. The van der Waals surface area contributed by atoms with E-state index in [1.165, 1.54) is 0 Å². The van der Waals surface area contributed by atoms with Gasteiger partial charge in [-0.1, -0.05) is 50.1 Å². The van der Waals surface area contributed by atoms with Gasteiger partial charge in [0.25, 0.3) is 0 Å². The van der Waals surface area contributed by atoms with Crippen molar-refractivity contribution in [2.24, 2.45) is 0 Å². The van der Waals surface area contributed by atoms with E-state index in [9.17, 15) is 0 Å². The highest BCUT2D eigenvalue weighted by atomic mass is 79.9. The molecule has 0 bridgehead atoms. The lowest BCUT2D eigenvalue weighted by Crippen LogP contribution is -2.17. The second-order valence-corrected chi connectivity index (χ2v) is 6.80. The molecule has 1 atom stereocenters. The van der Waals surface area contributed by atoms with Gasteiger partial charge in [-0.3, -0.25) is 0 Å². The van der Waals surface area contributed by atoms with E-state index in [2.05, 4.69) is 74.4 Å². The molecule has 0 amide bonds. The van der Waals surface area contributed by atoms with Crippen LogP contribution in [0, 0.1) is 6.92 Å². The molecule has 0 aliphatic heterocycles. The van der Waals surface area contributed by atoms with Gasteiger partial charge >= 0.3 is 0 Å². The maximum Gasteiger partial charge on any atom is 0.137 e. The molecule has 0 aliphatic rings. The summed E-state index contributed by atoms with van der Waals surface area (Å²) in [5.74, 6) is 0.917. The third-order valence-electron chi connectivity index (χ3n) is 3.60. The SMILES string of the molecule is CNC(c1cc2cccc(C)c2o1)c1cc(Br)ccc1Br. The highest BCUT2D eigenvalue weighted by Crippen LogP contribution is 2.34. The van der Waals surface area contributed by atoms with Crippen LogP contribution in [0.5, 0.6) is 0 Å². The van der Waals surface area contributed by atoms with E-state index in [4.69, 9.17) is 4.42 Å². The number of hydrogen-bond donors (Lipinski definition) is 1. The molecule has 3 aromatic rings. The number of para-hydroxylation sites is 1. The van der Waals surface area contributed by atoms with Crippen molar-refractivity contribution in [2.75, 3.05) is 7.05 Å². The van der Waals surface area contributed by atoms with Gasteiger partial charge in [-0.25, -0.2) is 0 Å². The summed E-state index contributed by atoms with van der Waals surface area (Å²) < 4.78 is 8.21. The fourth-order valence-electron chi connectivity index (χ4n) is 2.56. The van der Waals surface area contributed by atoms with Gasteiger partial charge in [0.15, 0.2) is 0 Å². The Kier molecular flexibility index (Phi) is 4.20. The fraction of sp³-hybridized carbons (Fsp3) is 0.176. The average Bonchev–Trinajstić information content (AvgIpc) is 2.89. The van der Waals surface area contributed by atoms with Crippen LogP contribution in [-0.4, -0.2) is 7.05 Å². The second-order valence-electron chi connectivity index (χ2n) is 5.03. The highest BCUT2D eigenvalue weighted by molar-refractivity contribution is 9.11. The fourth-order valence-corrected chi connectivity index (χ4v) is 3.41. The molecule has 1 aromatic heterocycles. The Hall–Kier alpha value is -1.10. The Labute approximate surface area is 140 Å². The van der Waals surface area contributed by atoms with Crippen molar-refractivity contribution in [3.8, 4) is 0 Å². The van der Waals surface area contributed by atoms with Gasteiger partial charge < -0.3 is 9.73 Å². The van der Waals surface area contributed by atoms with Crippen molar-refractivity contribution in [3.63, 3.8) is 0 Å². The smallest absolute Gasteiger partial charge is 0.137 e. The van der Waals surface area contributed by atoms with Crippen molar-refractivity contribution in [1.29, 1.82) is 0 Å². The van der Waals surface area contributed by atoms with E-state index in [0.29, 0.717) is 0 Å². The summed E-state index contributed by atoms with van der Waals surface area (Å²) in [6, 6.07) is 14.5. The monoisotopic (exact) mass is 407 g/mol. The topological polar surface area (TPSA) is 25.2 Å². The van der Waals surface area contributed by atoms with Crippen LogP contribution >= 0.6 is 31.9 Å². The standard InChI is InChI=1S/C17H15Br2NO/c1-10-4-3-5-11-8-15(21-17(10)11)16(20-2)13-9-12(18)6-7-14(13)19/h3-9,16,20H,1-2H3. The van der Waals surface area contributed by atoms with Gasteiger partial charge in [0, 0.05) is 14.3 Å². The zero-order valence-corrected chi connectivity index (χ0v) is 15.0. The first-order valence-electron chi connectivity index (χ1n) is 6.71. The number of nitrogens with one attached hydrogen (secondary N) is 1. The molecule has 0 radical (unpaired) electrons. The lowest BCUT2D eigenvalue weighted by Gasteiger charge is -2.16. The third kappa shape index (κ3) is 2.80. The number of aryl methyl sites for hydroxylation is 1. The molecule has 1 heterocycles. The molecule has 4 heteroatoms. The number of benzene rings is 2. The van der Waals surface area contributed by atoms with Gasteiger partial charge in [0.1, 0.15) is 11.3 Å². The lowest BCUT2D eigenvalue weighted by molar-refractivity contribution is 0.489. The predicted molar refractivity (Wildman–Crippen MR) is 93.7 cm³/mol. The third-order valence-corrected chi connectivity index (χ3v) is 4.82. The molecule has 0 saturated heterocycles. The van der Waals surface area contributed by atoms with Crippen molar-refractivity contribution in [2.45, 2.75) is 13.0 Å². The second kappa shape index (κ2) is 5.95. The van der Waals surface area contributed by atoms with Gasteiger partial charge in [0.2, 0.25) is 0 Å². The average molecular weight is 409 g/mol. The Morgan fingerprint density at radius 2 is 1.90 bits per heavy atom. The minimum Gasteiger partial charge on any atom is -0.459 e. The highest BCUT2D eigenvalue weighted by Gasteiger charge is 2.20. The van der Waals surface area contributed by atoms with E-state index >= 15 is 0 Å². The largest absolute Gasteiger partial charge is 0.459 e. The van der Waals surface area contributed by atoms with Crippen LogP contribution in [0.15, 0.2) is 55.8 Å². The van der Waals surface area contributed by atoms with Gasteiger partial charge in [-0.05, 0) is 49.4 Å². The zero-order valence-electron chi connectivity index (χ0n) is 11.8. The number of fused-ring (bicyclic) bond motifs is 1. The van der Waals surface area contributed by atoms with Crippen LogP contribution in [-0.2, 0) is 0 Å². The molecule has 2 aromatic carbocycles. The van der Waals surface area contributed by atoms with Gasteiger partial charge in [0.05, 0.1) is 6.04 Å². The molecule has 0 spiro atoms. The van der Waals surface area contributed by atoms with E-state index < -0.39 is 0 Å². The number of halogens is 2. The molecule has 108 valence electrons. The molecule has 21 heavy (non-hydrogen) atoms. The molecule has 1 N–H and O–H groups in total. The molecule has 0 fully saturated rings. The van der Waals surface area contributed by atoms with Crippen molar-refractivity contribution in [3.05, 3.63) is 68.3 Å². The molecule has 0 saturated carbocycles. The Morgan fingerprint density at radius 1 is 1.10 bits per heavy atom. The molecule has 0 aliphatic carbocycles. The summed E-state index contributed by atoms with van der Waals surface area (Å²) in [5, 5.41) is 4.47. The van der Waals surface area contributed by atoms with E-state index in [-0.39, 0.29) is 6.04 Å². The molecule has 2 nitrogen and oxygen atoms in total. The summed E-state index contributed by atoms with van der Waals surface area (Å²) in [4.78, 5) is 0. The Bertz CT molecular complexity index is 795. The van der Waals surface area contributed by atoms with Crippen molar-refractivity contribution >= 4 is 42.8 Å². The Balaban J connectivity index is 2.13. The minimum atomic E-state index is 0.00340. The van der Waals surface area contributed by atoms with Crippen LogP contribution in [0.2, 0.25) is 0 Å². The summed E-state index contributed by atoms with van der Waals surface area (Å²) in [7, 11) is 1.94. The van der Waals surface area contributed by atoms with Crippen molar-refractivity contribution < 1.29 is 4.42 Å². The molecular weight excluding hydrogens is 394 g/mol. The van der Waals surface area contributed by atoms with E-state index in [0.717, 1.165) is 36.8 Å². The maximum atomic E-state index is 6.10. The normalized spacial score (nSPS) is 12.8. The quantitative estimate of drug-likeness (QED) is 0.612.